The molecule has 0 aliphatic heterocycles. The largest absolute Gasteiger partial charge is 0.467 e. The number of nitrogens with zero attached hydrogens (tertiary/aromatic N) is 2. The van der Waals surface area contributed by atoms with Crippen LogP contribution in [0.3, 0.4) is 0 Å². The Morgan fingerprint density at radius 3 is 3.00 bits per heavy atom. The normalized spacial score (nSPS) is 16.8. The van der Waals surface area contributed by atoms with Crippen molar-refractivity contribution >= 4 is 5.97 Å². The van der Waals surface area contributed by atoms with E-state index in [1.165, 1.54) is 20.0 Å². The predicted octanol–water partition coefficient (Wildman–Crippen LogP) is 2.66. The van der Waals surface area contributed by atoms with Gasteiger partial charge in [-0.25, -0.2) is 4.79 Å². The Kier molecular flexibility index (Phi) is 3.82. The Bertz CT molecular complexity index is 383. The smallest absolute Gasteiger partial charge is 0.330 e. The summed E-state index contributed by atoms with van der Waals surface area (Å²) >= 11 is 0. The molecule has 0 amide bonds. The fourth-order valence-electron chi connectivity index (χ4n) is 2.01. The van der Waals surface area contributed by atoms with E-state index < -0.39 is 0 Å². The summed E-state index contributed by atoms with van der Waals surface area (Å²) in [6.07, 6.45) is 7.26. The molecule has 1 aromatic heterocycles. The van der Waals surface area contributed by atoms with Crippen LogP contribution in [-0.2, 0) is 9.53 Å². The third-order valence-electron chi connectivity index (χ3n) is 3.25. The van der Waals surface area contributed by atoms with Gasteiger partial charge in [0, 0.05) is 12.1 Å². The molecule has 0 aromatic carbocycles. The number of rotatable bonds is 6. The van der Waals surface area contributed by atoms with Crippen molar-refractivity contribution < 1.29 is 9.53 Å². The summed E-state index contributed by atoms with van der Waals surface area (Å²) in [5.41, 5.74) is 1.12. The van der Waals surface area contributed by atoms with Gasteiger partial charge in [0.15, 0.2) is 0 Å². The van der Waals surface area contributed by atoms with Crippen molar-refractivity contribution in [3.63, 3.8) is 0 Å². The van der Waals surface area contributed by atoms with Crippen LogP contribution < -0.4 is 0 Å². The van der Waals surface area contributed by atoms with Gasteiger partial charge in [0.25, 0.3) is 0 Å². The molecule has 1 atom stereocenters. The minimum atomic E-state index is -0.257. The summed E-state index contributed by atoms with van der Waals surface area (Å²) in [7, 11) is 1.44. The minimum absolute atomic E-state index is 0.191. The van der Waals surface area contributed by atoms with E-state index in [9.17, 15) is 4.79 Å². The highest BCUT2D eigenvalue weighted by atomic mass is 16.5. The number of hydrogen-bond donors (Lipinski definition) is 0. The highest BCUT2D eigenvalue weighted by molar-refractivity contribution is 5.73. The quantitative estimate of drug-likeness (QED) is 0.713. The summed E-state index contributed by atoms with van der Waals surface area (Å²) in [5, 5.41) is 4.51. The standard InChI is InChI=1S/C13H20N2O2/c1-3-4-5-12(13(16)17-2)15-9-8-11(14-15)10-6-7-10/h8-10,12H,3-7H2,1-2H3. The van der Waals surface area contributed by atoms with Gasteiger partial charge < -0.3 is 4.74 Å². The molecule has 17 heavy (non-hydrogen) atoms. The highest BCUT2D eigenvalue weighted by Crippen LogP contribution is 2.39. The Labute approximate surface area is 102 Å². The topological polar surface area (TPSA) is 44.1 Å². The van der Waals surface area contributed by atoms with E-state index in [-0.39, 0.29) is 12.0 Å². The van der Waals surface area contributed by atoms with Crippen molar-refractivity contribution in [2.75, 3.05) is 7.11 Å². The van der Waals surface area contributed by atoms with Gasteiger partial charge >= 0.3 is 5.97 Å². The number of carbonyl (C=O) groups excluding carboxylic acids is 1. The van der Waals surface area contributed by atoms with Crippen LogP contribution in [0.2, 0.25) is 0 Å². The molecule has 1 fully saturated rings. The van der Waals surface area contributed by atoms with Gasteiger partial charge in [0.2, 0.25) is 0 Å². The monoisotopic (exact) mass is 236 g/mol. The molecule has 0 saturated heterocycles. The second-order valence-corrected chi connectivity index (χ2v) is 4.68. The van der Waals surface area contributed by atoms with Crippen LogP contribution in [-0.4, -0.2) is 22.9 Å². The Hall–Kier alpha value is -1.32. The third-order valence-corrected chi connectivity index (χ3v) is 3.25. The maximum absolute atomic E-state index is 11.7. The van der Waals surface area contributed by atoms with Crippen LogP contribution in [0.25, 0.3) is 0 Å². The number of esters is 1. The van der Waals surface area contributed by atoms with Gasteiger partial charge in [0.1, 0.15) is 6.04 Å². The molecule has 94 valence electrons. The van der Waals surface area contributed by atoms with E-state index in [1.54, 1.807) is 4.68 Å². The molecule has 0 bridgehead atoms. The predicted molar refractivity (Wildman–Crippen MR) is 64.8 cm³/mol. The van der Waals surface area contributed by atoms with Crippen LogP contribution >= 0.6 is 0 Å². The molecule has 1 aromatic rings. The van der Waals surface area contributed by atoms with E-state index in [1.807, 2.05) is 12.3 Å². The molecule has 1 unspecified atom stereocenters. The first kappa shape index (κ1) is 12.1. The zero-order valence-corrected chi connectivity index (χ0v) is 10.6. The summed E-state index contributed by atoms with van der Waals surface area (Å²) in [5.74, 6) is 0.435. The Balaban J connectivity index is 2.08. The molecule has 0 N–H and O–H groups in total. The lowest BCUT2D eigenvalue weighted by Gasteiger charge is -2.14. The van der Waals surface area contributed by atoms with Crippen LogP contribution in [0.1, 0.15) is 56.7 Å². The first-order valence-corrected chi connectivity index (χ1v) is 6.39. The van der Waals surface area contributed by atoms with Gasteiger partial charge in [-0.15, -0.1) is 0 Å². The van der Waals surface area contributed by atoms with E-state index >= 15 is 0 Å². The Morgan fingerprint density at radius 2 is 2.41 bits per heavy atom. The molecule has 4 heteroatoms. The summed E-state index contributed by atoms with van der Waals surface area (Å²) < 4.78 is 6.62. The summed E-state index contributed by atoms with van der Waals surface area (Å²) in [6.45, 7) is 2.12. The second-order valence-electron chi connectivity index (χ2n) is 4.68. The molecule has 1 aliphatic carbocycles. The molecule has 0 spiro atoms. The lowest BCUT2D eigenvalue weighted by atomic mass is 10.1. The fraction of sp³-hybridized carbons (Fsp3) is 0.692. The number of hydrogen-bond acceptors (Lipinski definition) is 3. The van der Waals surface area contributed by atoms with Gasteiger partial charge in [-0.3, -0.25) is 4.68 Å². The average Bonchev–Trinajstić information content (AvgIpc) is 3.09. The summed E-state index contributed by atoms with van der Waals surface area (Å²) in [6, 6.07) is 1.77. The lowest BCUT2D eigenvalue weighted by Crippen LogP contribution is -2.21. The zero-order valence-electron chi connectivity index (χ0n) is 10.6. The van der Waals surface area contributed by atoms with E-state index in [0.717, 1.165) is 25.0 Å². The van der Waals surface area contributed by atoms with Crippen LogP contribution in [0.4, 0.5) is 0 Å². The highest BCUT2D eigenvalue weighted by Gasteiger charge is 2.28. The van der Waals surface area contributed by atoms with Gasteiger partial charge in [-0.2, -0.15) is 5.10 Å². The molecular weight excluding hydrogens is 216 g/mol. The number of methoxy groups -OCH3 is 1. The zero-order chi connectivity index (χ0) is 12.3. The third kappa shape index (κ3) is 2.87. The van der Waals surface area contributed by atoms with Gasteiger partial charge in [0.05, 0.1) is 12.8 Å². The van der Waals surface area contributed by atoms with E-state index in [0.29, 0.717) is 5.92 Å². The van der Waals surface area contributed by atoms with Gasteiger partial charge in [-0.1, -0.05) is 19.8 Å². The van der Waals surface area contributed by atoms with Crippen molar-refractivity contribution in [1.29, 1.82) is 0 Å². The molecule has 1 heterocycles. The fourth-order valence-corrected chi connectivity index (χ4v) is 2.01. The number of carbonyl (C=O) groups is 1. The average molecular weight is 236 g/mol. The second kappa shape index (κ2) is 5.34. The number of aromatic nitrogens is 2. The van der Waals surface area contributed by atoms with E-state index in [2.05, 4.69) is 12.0 Å². The maximum Gasteiger partial charge on any atom is 0.330 e. The molecular formula is C13H20N2O2. The van der Waals surface area contributed by atoms with Crippen molar-refractivity contribution in [3.05, 3.63) is 18.0 Å². The number of ether oxygens (including phenoxy) is 1. The van der Waals surface area contributed by atoms with Crippen molar-refractivity contribution in [2.24, 2.45) is 0 Å². The van der Waals surface area contributed by atoms with Crippen LogP contribution in [0.15, 0.2) is 12.3 Å². The van der Waals surface area contributed by atoms with Crippen molar-refractivity contribution in [1.82, 2.24) is 9.78 Å². The SMILES string of the molecule is CCCCC(C(=O)OC)n1ccc(C2CC2)n1. The van der Waals surface area contributed by atoms with E-state index in [4.69, 9.17) is 4.74 Å². The summed E-state index contributed by atoms with van der Waals surface area (Å²) in [4.78, 5) is 11.7. The lowest BCUT2D eigenvalue weighted by molar-refractivity contribution is -0.145. The molecule has 1 saturated carbocycles. The molecule has 1 aliphatic rings. The number of unbranched alkanes of at least 4 members (excludes halogenated alkanes) is 1. The van der Waals surface area contributed by atoms with Crippen molar-refractivity contribution in [2.45, 2.75) is 51.0 Å². The maximum atomic E-state index is 11.7. The van der Waals surface area contributed by atoms with Crippen LogP contribution in [0.5, 0.6) is 0 Å². The van der Waals surface area contributed by atoms with Gasteiger partial charge in [-0.05, 0) is 25.3 Å². The molecule has 4 nitrogen and oxygen atoms in total. The molecule has 2 rings (SSSR count). The molecule has 0 radical (unpaired) electrons. The van der Waals surface area contributed by atoms with Crippen molar-refractivity contribution in [3.8, 4) is 0 Å². The minimum Gasteiger partial charge on any atom is -0.467 e. The Morgan fingerprint density at radius 1 is 1.65 bits per heavy atom. The first-order chi connectivity index (χ1) is 8.26. The first-order valence-electron chi connectivity index (χ1n) is 6.39. The van der Waals surface area contributed by atoms with Crippen LogP contribution in [0, 0.1) is 0 Å².